The summed E-state index contributed by atoms with van der Waals surface area (Å²) in [4.78, 5) is 23.3. The summed E-state index contributed by atoms with van der Waals surface area (Å²) in [6.45, 7) is 4.51. The predicted octanol–water partition coefficient (Wildman–Crippen LogP) is 1.86. The van der Waals surface area contributed by atoms with Crippen molar-refractivity contribution in [3.8, 4) is 5.82 Å². The van der Waals surface area contributed by atoms with Crippen molar-refractivity contribution in [2.45, 2.75) is 38.9 Å². The first kappa shape index (κ1) is 16.2. The van der Waals surface area contributed by atoms with Crippen LogP contribution in [0, 0.1) is 6.92 Å². The van der Waals surface area contributed by atoms with Crippen molar-refractivity contribution in [3.63, 3.8) is 0 Å². The van der Waals surface area contributed by atoms with Crippen molar-refractivity contribution in [3.05, 3.63) is 57.3 Å². The van der Waals surface area contributed by atoms with Crippen LogP contribution in [0.5, 0.6) is 0 Å². The van der Waals surface area contributed by atoms with Gasteiger partial charge in [0.25, 0.3) is 5.56 Å². The highest BCUT2D eigenvalue weighted by atomic mass is 32.1. The summed E-state index contributed by atoms with van der Waals surface area (Å²) in [6, 6.07) is 3.61. The van der Waals surface area contributed by atoms with E-state index >= 15 is 0 Å². The van der Waals surface area contributed by atoms with Crippen molar-refractivity contribution in [2.24, 2.45) is 0 Å². The maximum absolute atomic E-state index is 12.2. The van der Waals surface area contributed by atoms with Gasteiger partial charge >= 0.3 is 0 Å². The minimum absolute atomic E-state index is 0.0692. The van der Waals surface area contributed by atoms with Gasteiger partial charge in [0.15, 0.2) is 5.82 Å². The molecule has 4 rings (SSSR count). The highest BCUT2D eigenvalue weighted by molar-refractivity contribution is 7.09. The summed E-state index contributed by atoms with van der Waals surface area (Å²) in [7, 11) is 0. The Labute approximate surface area is 149 Å². The third kappa shape index (κ3) is 3.54. The molecule has 1 fully saturated rings. The van der Waals surface area contributed by atoms with Crippen LogP contribution in [0.1, 0.15) is 23.5 Å². The van der Waals surface area contributed by atoms with Gasteiger partial charge in [0.05, 0.1) is 17.2 Å². The molecular weight excluding hydrogens is 336 g/mol. The normalized spacial score (nSPS) is 18.0. The van der Waals surface area contributed by atoms with Crippen LogP contribution in [0.15, 0.2) is 41.0 Å². The fourth-order valence-electron chi connectivity index (χ4n) is 3.30. The summed E-state index contributed by atoms with van der Waals surface area (Å²) in [5, 5.41) is 7.72. The van der Waals surface area contributed by atoms with Gasteiger partial charge in [-0.1, -0.05) is 0 Å². The monoisotopic (exact) mass is 356 g/mol. The van der Waals surface area contributed by atoms with Crippen LogP contribution in [-0.4, -0.2) is 41.8 Å². The van der Waals surface area contributed by atoms with Crippen LogP contribution in [-0.2, 0) is 13.1 Å². The second kappa shape index (κ2) is 6.89. The highest BCUT2D eigenvalue weighted by Crippen LogP contribution is 2.21. The molecule has 7 nitrogen and oxygen atoms in total. The zero-order chi connectivity index (χ0) is 17.2. The fraction of sp³-hybridized carbons (Fsp3) is 0.412. The summed E-state index contributed by atoms with van der Waals surface area (Å²) >= 11 is 1.68. The quantitative estimate of drug-likeness (QED) is 0.698. The van der Waals surface area contributed by atoms with E-state index < -0.39 is 0 Å². The van der Waals surface area contributed by atoms with Gasteiger partial charge in [-0.05, 0) is 32.4 Å². The molecule has 1 aliphatic rings. The van der Waals surface area contributed by atoms with Gasteiger partial charge in [0.2, 0.25) is 0 Å². The number of hydrogen-bond donors (Lipinski definition) is 0. The van der Waals surface area contributed by atoms with Gasteiger partial charge in [-0.3, -0.25) is 14.3 Å². The molecule has 0 aromatic carbocycles. The maximum atomic E-state index is 12.2. The number of aromatic nitrogens is 5. The van der Waals surface area contributed by atoms with E-state index in [1.165, 1.54) is 0 Å². The van der Waals surface area contributed by atoms with Gasteiger partial charge in [0, 0.05) is 36.4 Å². The van der Waals surface area contributed by atoms with Gasteiger partial charge in [-0.25, -0.2) is 14.6 Å². The molecule has 0 radical (unpaired) electrons. The number of thiazole rings is 1. The van der Waals surface area contributed by atoms with Crippen LogP contribution in [0.2, 0.25) is 0 Å². The number of nitrogens with zero attached hydrogens (tertiary/aromatic N) is 6. The Kier molecular flexibility index (Phi) is 4.46. The number of rotatable bonds is 5. The summed E-state index contributed by atoms with van der Waals surface area (Å²) in [5.74, 6) is 0.705. The van der Waals surface area contributed by atoms with Crippen molar-refractivity contribution in [1.82, 2.24) is 29.2 Å². The van der Waals surface area contributed by atoms with Crippen molar-refractivity contribution >= 4 is 11.3 Å². The van der Waals surface area contributed by atoms with E-state index in [2.05, 4.69) is 25.3 Å². The lowest BCUT2D eigenvalue weighted by Crippen LogP contribution is -2.37. The van der Waals surface area contributed by atoms with E-state index in [9.17, 15) is 4.79 Å². The highest BCUT2D eigenvalue weighted by Gasteiger charge is 2.26. The molecule has 0 N–H and O–H groups in total. The molecule has 8 heteroatoms. The summed E-state index contributed by atoms with van der Waals surface area (Å²) in [6.07, 6.45) is 7.43. The van der Waals surface area contributed by atoms with Crippen LogP contribution in [0.3, 0.4) is 0 Å². The topological polar surface area (TPSA) is 68.8 Å². The molecule has 3 aromatic rings. The molecule has 4 heterocycles. The summed E-state index contributed by atoms with van der Waals surface area (Å²) < 4.78 is 3.38. The first-order valence-electron chi connectivity index (χ1n) is 8.40. The largest absolute Gasteiger partial charge is 0.293 e. The Balaban J connectivity index is 1.52. The molecule has 0 amide bonds. The molecule has 1 saturated heterocycles. The van der Waals surface area contributed by atoms with Crippen LogP contribution in [0.4, 0.5) is 0 Å². The number of hydrogen-bond acceptors (Lipinski definition) is 6. The molecule has 130 valence electrons. The summed E-state index contributed by atoms with van der Waals surface area (Å²) in [5.41, 5.74) is 1.04. The molecule has 0 bridgehead atoms. The minimum atomic E-state index is -0.0692. The third-order valence-electron chi connectivity index (χ3n) is 4.54. The van der Waals surface area contributed by atoms with Crippen molar-refractivity contribution in [2.75, 3.05) is 6.54 Å². The smallest absolute Gasteiger partial charge is 0.266 e. The SMILES string of the molecule is Cc1nc(CN2CCCC2Cn2nc(-n3ccnc3)ccc2=O)cs1. The average molecular weight is 356 g/mol. The standard InChI is InChI=1S/C17H20N6OS/c1-13-19-14(11-25-13)9-21-7-2-3-15(21)10-23-17(24)5-4-16(20-23)22-8-6-18-12-22/h4-6,8,11-12,15H,2-3,7,9-10H2,1H3. The molecular formula is C17H20N6OS. The number of imidazole rings is 1. The molecule has 25 heavy (non-hydrogen) atoms. The molecule has 0 spiro atoms. The molecule has 0 saturated carbocycles. The third-order valence-corrected chi connectivity index (χ3v) is 5.36. The van der Waals surface area contributed by atoms with Crippen LogP contribution in [0.25, 0.3) is 5.82 Å². The van der Waals surface area contributed by atoms with Crippen LogP contribution >= 0.6 is 11.3 Å². The van der Waals surface area contributed by atoms with E-state index in [4.69, 9.17) is 0 Å². The van der Waals surface area contributed by atoms with Crippen LogP contribution < -0.4 is 5.56 Å². The first-order chi connectivity index (χ1) is 12.2. The Morgan fingerprint density at radius 1 is 1.36 bits per heavy atom. The van der Waals surface area contributed by atoms with Gasteiger partial charge in [-0.15, -0.1) is 11.3 Å². The maximum Gasteiger partial charge on any atom is 0.266 e. The van der Waals surface area contributed by atoms with Gasteiger partial charge in [-0.2, -0.15) is 5.10 Å². The molecule has 0 aliphatic carbocycles. The first-order valence-corrected chi connectivity index (χ1v) is 9.28. The van der Waals surface area contributed by atoms with Crippen molar-refractivity contribution in [1.29, 1.82) is 0 Å². The lowest BCUT2D eigenvalue weighted by Gasteiger charge is -2.23. The Bertz CT molecular complexity index is 900. The van der Waals surface area contributed by atoms with Gasteiger partial charge < -0.3 is 0 Å². The van der Waals surface area contributed by atoms with E-state index in [-0.39, 0.29) is 5.56 Å². The number of likely N-dealkylation sites (tertiary alicyclic amines) is 1. The Hall–Kier alpha value is -2.32. The molecule has 1 aliphatic heterocycles. The zero-order valence-electron chi connectivity index (χ0n) is 14.1. The second-order valence-corrected chi connectivity index (χ2v) is 7.37. The average Bonchev–Trinajstić information content (AvgIpc) is 3.33. The molecule has 3 aromatic heterocycles. The van der Waals surface area contributed by atoms with E-state index in [1.54, 1.807) is 45.2 Å². The van der Waals surface area contributed by atoms with E-state index in [1.807, 2.05) is 13.1 Å². The Morgan fingerprint density at radius 3 is 3.04 bits per heavy atom. The zero-order valence-corrected chi connectivity index (χ0v) is 14.9. The van der Waals surface area contributed by atoms with E-state index in [0.717, 1.165) is 36.6 Å². The van der Waals surface area contributed by atoms with Gasteiger partial charge in [0.1, 0.15) is 6.33 Å². The molecule has 1 atom stereocenters. The second-order valence-electron chi connectivity index (χ2n) is 6.31. The predicted molar refractivity (Wildman–Crippen MR) is 95.9 cm³/mol. The fourth-order valence-corrected chi connectivity index (χ4v) is 3.90. The Morgan fingerprint density at radius 2 is 2.28 bits per heavy atom. The minimum Gasteiger partial charge on any atom is -0.293 e. The number of aryl methyl sites for hydroxylation is 1. The lowest BCUT2D eigenvalue weighted by molar-refractivity contribution is 0.214. The van der Waals surface area contributed by atoms with E-state index in [0.29, 0.717) is 18.4 Å². The molecule has 1 unspecified atom stereocenters. The van der Waals surface area contributed by atoms with Crippen molar-refractivity contribution < 1.29 is 0 Å². The lowest BCUT2D eigenvalue weighted by atomic mass is 10.2.